The maximum Gasteiger partial charge on any atom is 0.300 e. The Hall–Kier alpha value is -1.88. The SMILES string of the molecule is O=C(CN1C(=O)C(=O)c2cccc(Cl)c21)NCC1CC1. The highest BCUT2D eigenvalue weighted by molar-refractivity contribution is 6.54. The van der Waals surface area contributed by atoms with E-state index < -0.39 is 11.7 Å². The molecule has 6 heteroatoms. The number of anilines is 1. The number of halogens is 1. The number of ketones is 1. The number of rotatable bonds is 4. The Labute approximate surface area is 120 Å². The van der Waals surface area contributed by atoms with Gasteiger partial charge in [-0.3, -0.25) is 19.3 Å². The van der Waals surface area contributed by atoms with Crippen LogP contribution in [-0.2, 0) is 9.59 Å². The average Bonchev–Trinajstić information content (AvgIpc) is 3.22. The zero-order valence-electron chi connectivity index (χ0n) is 10.7. The maximum atomic E-state index is 11.9. The predicted octanol–water partition coefficient (Wildman–Crippen LogP) is 1.40. The van der Waals surface area contributed by atoms with Crippen LogP contribution in [0.1, 0.15) is 23.2 Å². The van der Waals surface area contributed by atoms with Crippen LogP contribution in [0, 0.1) is 5.92 Å². The van der Waals surface area contributed by atoms with E-state index in [-0.39, 0.29) is 18.0 Å². The first-order valence-electron chi connectivity index (χ1n) is 6.49. The van der Waals surface area contributed by atoms with Crippen LogP contribution < -0.4 is 10.2 Å². The van der Waals surface area contributed by atoms with E-state index in [4.69, 9.17) is 11.6 Å². The second kappa shape index (κ2) is 4.90. The van der Waals surface area contributed by atoms with E-state index in [1.807, 2.05) is 0 Å². The molecular formula is C14H13ClN2O3. The highest BCUT2D eigenvalue weighted by Crippen LogP contribution is 2.35. The molecule has 0 unspecified atom stereocenters. The monoisotopic (exact) mass is 292 g/mol. The van der Waals surface area contributed by atoms with Crippen LogP contribution in [0.15, 0.2) is 18.2 Å². The summed E-state index contributed by atoms with van der Waals surface area (Å²) < 4.78 is 0. The normalized spacial score (nSPS) is 17.4. The predicted molar refractivity (Wildman–Crippen MR) is 73.9 cm³/mol. The second-order valence-corrected chi connectivity index (χ2v) is 5.51. The lowest BCUT2D eigenvalue weighted by molar-refractivity contribution is -0.122. The summed E-state index contributed by atoms with van der Waals surface area (Å²) in [4.78, 5) is 36.8. The first kappa shape index (κ1) is 13.1. The third-order valence-electron chi connectivity index (χ3n) is 3.53. The van der Waals surface area contributed by atoms with Gasteiger partial charge in [0, 0.05) is 6.54 Å². The van der Waals surface area contributed by atoms with Crippen molar-refractivity contribution in [1.82, 2.24) is 5.32 Å². The van der Waals surface area contributed by atoms with E-state index in [1.54, 1.807) is 18.2 Å². The molecule has 1 N–H and O–H groups in total. The first-order chi connectivity index (χ1) is 9.58. The molecule has 0 radical (unpaired) electrons. The molecule has 1 heterocycles. The van der Waals surface area contributed by atoms with E-state index >= 15 is 0 Å². The van der Waals surface area contributed by atoms with E-state index in [2.05, 4.69) is 5.32 Å². The minimum atomic E-state index is -0.699. The Bertz CT molecular complexity index is 610. The third-order valence-corrected chi connectivity index (χ3v) is 3.83. The molecule has 1 aliphatic heterocycles. The minimum Gasteiger partial charge on any atom is -0.354 e. The fraction of sp³-hybridized carbons (Fsp3) is 0.357. The summed E-state index contributed by atoms with van der Waals surface area (Å²) in [5.74, 6) is -1.02. The molecule has 0 saturated heterocycles. The van der Waals surface area contributed by atoms with Crippen molar-refractivity contribution in [3.05, 3.63) is 28.8 Å². The molecule has 3 rings (SSSR count). The Morgan fingerprint density at radius 3 is 2.80 bits per heavy atom. The third kappa shape index (κ3) is 2.29. The number of benzene rings is 1. The average molecular weight is 293 g/mol. The molecule has 104 valence electrons. The van der Waals surface area contributed by atoms with Gasteiger partial charge in [-0.15, -0.1) is 0 Å². The van der Waals surface area contributed by atoms with Crippen LogP contribution in [0.3, 0.4) is 0 Å². The summed E-state index contributed by atoms with van der Waals surface area (Å²) in [6, 6.07) is 4.76. The van der Waals surface area contributed by atoms with Crippen molar-refractivity contribution in [3.8, 4) is 0 Å². The van der Waals surface area contributed by atoms with Gasteiger partial charge in [0.1, 0.15) is 6.54 Å². The summed E-state index contributed by atoms with van der Waals surface area (Å²) in [6.07, 6.45) is 2.27. The molecule has 1 aromatic carbocycles. The fourth-order valence-corrected chi connectivity index (χ4v) is 2.52. The summed E-state index contributed by atoms with van der Waals surface area (Å²) in [6.45, 7) is 0.457. The van der Waals surface area contributed by atoms with Gasteiger partial charge < -0.3 is 5.32 Å². The molecule has 20 heavy (non-hydrogen) atoms. The van der Waals surface area contributed by atoms with Crippen LogP contribution in [0.2, 0.25) is 5.02 Å². The van der Waals surface area contributed by atoms with Crippen LogP contribution in [0.4, 0.5) is 5.69 Å². The number of carbonyl (C=O) groups is 3. The summed E-state index contributed by atoms with van der Waals surface area (Å²) in [7, 11) is 0. The van der Waals surface area contributed by atoms with E-state index in [9.17, 15) is 14.4 Å². The van der Waals surface area contributed by atoms with E-state index in [0.717, 1.165) is 17.7 Å². The standard InChI is InChI=1S/C14H13ClN2O3/c15-10-3-1-2-9-12(10)17(14(20)13(9)19)7-11(18)16-6-8-4-5-8/h1-3,8H,4-7H2,(H,16,18). The van der Waals surface area contributed by atoms with Crippen molar-refractivity contribution in [2.75, 3.05) is 18.0 Å². The number of fused-ring (bicyclic) bond motifs is 1. The van der Waals surface area contributed by atoms with Gasteiger partial charge in [0.25, 0.3) is 11.7 Å². The van der Waals surface area contributed by atoms with Crippen molar-refractivity contribution < 1.29 is 14.4 Å². The number of amides is 2. The van der Waals surface area contributed by atoms with Gasteiger partial charge >= 0.3 is 0 Å². The Balaban J connectivity index is 1.77. The number of para-hydroxylation sites is 1. The lowest BCUT2D eigenvalue weighted by Crippen LogP contribution is -2.40. The molecular weight excluding hydrogens is 280 g/mol. The van der Waals surface area contributed by atoms with Gasteiger partial charge in [-0.2, -0.15) is 0 Å². The zero-order valence-corrected chi connectivity index (χ0v) is 11.4. The molecule has 1 aromatic rings. The van der Waals surface area contributed by atoms with E-state index in [1.165, 1.54) is 0 Å². The number of hydrogen-bond acceptors (Lipinski definition) is 3. The zero-order chi connectivity index (χ0) is 14.3. The van der Waals surface area contributed by atoms with Crippen LogP contribution >= 0.6 is 11.6 Å². The van der Waals surface area contributed by atoms with Gasteiger partial charge in [0.05, 0.1) is 16.3 Å². The number of carbonyl (C=O) groups excluding carboxylic acids is 3. The van der Waals surface area contributed by atoms with Gasteiger partial charge in [-0.25, -0.2) is 0 Å². The molecule has 1 aliphatic carbocycles. The Morgan fingerprint density at radius 2 is 2.10 bits per heavy atom. The highest BCUT2D eigenvalue weighted by atomic mass is 35.5. The molecule has 1 fully saturated rings. The molecule has 5 nitrogen and oxygen atoms in total. The molecule has 0 bridgehead atoms. The topological polar surface area (TPSA) is 66.5 Å². The van der Waals surface area contributed by atoms with Crippen molar-refractivity contribution in [1.29, 1.82) is 0 Å². The molecule has 0 spiro atoms. The largest absolute Gasteiger partial charge is 0.354 e. The number of nitrogens with zero attached hydrogens (tertiary/aromatic N) is 1. The molecule has 0 aromatic heterocycles. The van der Waals surface area contributed by atoms with Crippen LogP contribution in [0.25, 0.3) is 0 Å². The number of nitrogens with one attached hydrogen (secondary N) is 1. The fourth-order valence-electron chi connectivity index (χ4n) is 2.24. The Kier molecular flexibility index (Phi) is 3.22. The highest BCUT2D eigenvalue weighted by Gasteiger charge is 2.38. The summed E-state index contributed by atoms with van der Waals surface area (Å²) in [5, 5.41) is 3.07. The molecule has 0 atom stereocenters. The van der Waals surface area contributed by atoms with Crippen molar-refractivity contribution in [3.63, 3.8) is 0 Å². The smallest absolute Gasteiger partial charge is 0.300 e. The first-order valence-corrected chi connectivity index (χ1v) is 6.87. The molecule has 2 aliphatic rings. The second-order valence-electron chi connectivity index (χ2n) is 5.10. The maximum absolute atomic E-state index is 11.9. The van der Waals surface area contributed by atoms with Crippen LogP contribution in [0.5, 0.6) is 0 Å². The quantitative estimate of drug-likeness (QED) is 0.853. The van der Waals surface area contributed by atoms with Gasteiger partial charge in [-0.05, 0) is 30.9 Å². The lowest BCUT2D eigenvalue weighted by Gasteiger charge is -2.17. The molecule has 2 amide bonds. The minimum absolute atomic E-state index is 0.173. The molecule has 1 saturated carbocycles. The van der Waals surface area contributed by atoms with Gasteiger partial charge in [0.15, 0.2) is 0 Å². The Morgan fingerprint density at radius 1 is 1.35 bits per heavy atom. The number of Topliss-reactive ketones (excluding diaryl/α,β-unsaturated/α-hetero) is 1. The number of hydrogen-bond donors (Lipinski definition) is 1. The summed E-state index contributed by atoms with van der Waals surface area (Å²) >= 11 is 6.04. The van der Waals surface area contributed by atoms with Gasteiger partial charge in [0.2, 0.25) is 5.91 Å². The summed E-state index contributed by atoms with van der Waals surface area (Å²) in [5.41, 5.74) is 0.600. The van der Waals surface area contributed by atoms with Crippen molar-refractivity contribution >= 4 is 34.9 Å². The van der Waals surface area contributed by atoms with Crippen molar-refractivity contribution in [2.45, 2.75) is 12.8 Å². The van der Waals surface area contributed by atoms with Gasteiger partial charge in [-0.1, -0.05) is 17.7 Å². The van der Waals surface area contributed by atoms with Crippen LogP contribution in [-0.4, -0.2) is 30.7 Å². The lowest BCUT2D eigenvalue weighted by atomic mass is 10.1. The van der Waals surface area contributed by atoms with Crippen molar-refractivity contribution in [2.24, 2.45) is 5.92 Å². The van der Waals surface area contributed by atoms with E-state index in [0.29, 0.717) is 23.2 Å².